The van der Waals surface area contributed by atoms with Gasteiger partial charge in [-0.15, -0.1) is 0 Å². The molecular formula is C26H25N3O3. The Morgan fingerprint density at radius 2 is 1.75 bits per heavy atom. The lowest BCUT2D eigenvalue weighted by atomic mass is 10.0. The molecule has 2 heterocycles. The summed E-state index contributed by atoms with van der Waals surface area (Å²) in [7, 11) is 0. The minimum Gasteiger partial charge on any atom is -0.494 e. The predicted octanol–water partition coefficient (Wildman–Crippen LogP) is 4.57. The first kappa shape index (κ1) is 21.3. The Morgan fingerprint density at radius 3 is 2.44 bits per heavy atom. The van der Waals surface area contributed by atoms with Gasteiger partial charge in [-0.05, 0) is 54.3 Å². The third-order valence-electron chi connectivity index (χ3n) is 5.25. The number of hydrogen-bond acceptors (Lipinski definition) is 5. The van der Waals surface area contributed by atoms with Crippen LogP contribution < -0.4 is 10.1 Å². The van der Waals surface area contributed by atoms with Gasteiger partial charge in [-0.1, -0.05) is 43.3 Å². The third-order valence-corrected chi connectivity index (χ3v) is 5.25. The Kier molecular flexibility index (Phi) is 6.31. The highest BCUT2D eigenvalue weighted by atomic mass is 16.5. The van der Waals surface area contributed by atoms with Gasteiger partial charge in [-0.25, -0.2) is 0 Å². The van der Waals surface area contributed by atoms with Crippen LogP contribution in [-0.4, -0.2) is 28.3 Å². The van der Waals surface area contributed by atoms with E-state index in [2.05, 4.69) is 10.3 Å². The van der Waals surface area contributed by atoms with Crippen LogP contribution in [-0.2, 0) is 16.1 Å². The van der Waals surface area contributed by atoms with Crippen LogP contribution in [0.2, 0.25) is 0 Å². The van der Waals surface area contributed by atoms with Crippen molar-refractivity contribution >= 4 is 23.1 Å². The van der Waals surface area contributed by atoms with Crippen LogP contribution in [0.5, 0.6) is 5.75 Å². The lowest BCUT2D eigenvalue weighted by molar-refractivity contribution is -0.137. The van der Waals surface area contributed by atoms with Crippen LogP contribution >= 0.6 is 0 Å². The number of nitrogens with zero attached hydrogens (tertiary/aromatic N) is 2. The smallest absolute Gasteiger partial charge is 0.278 e. The summed E-state index contributed by atoms with van der Waals surface area (Å²) in [5.74, 6) is 0.0363. The molecule has 0 aliphatic carbocycles. The Morgan fingerprint density at radius 1 is 0.969 bits per heavy atom. The molecule has 0 saturated carbocycles. The van der Waals surface area contributed by atoms with Crippen molar-refractivity contribution in [3.8, 4) is 5.75 Å². The molecule has 0 radical (unpaired) electrons. The number of anilines is 1. The number of pyridine rings is 1. The van der Waals surface area contributed by atoms with Gasteiger partial charge in [0.1, 0.15) is 11.4 Å². The van der Waals surface area contributed by atoms with Gasteiger partial charge in [0.2, 0.25) is 0 Å². The van der Waals surface area contributed by atoms with Crippen molar-refractivity contribution in [2.75, 3.05) is 11.9 Å². The number of carbonyl (C=O) groups excluding carboxylic acids is 2. The zero-order valence-corrected chi connectivity index (χ0v) is 18.2. The highest BCUT2D eigenvalue weighted by Gasteiger charge is 2.39. The molecule has 0 saturated heterocycles. The molecule has 0 fully saturated rings. The molecule has 1 aromatic heterocycles. The molecular weight excluding hydrogens is 402 g/mol. The van der Waals surface area contributed by atoms with Crippen LogP contribution in [0, 0.1) is 6.92 Å². The highest BCUT2D eigenvalue weighted by Crippen LogP contribution is 2.33. The number of benzene rings is 2. The van der Waals surface area contributed by atoms with Crippen LogP contribution in [0.15, 0.2) is 78.8 Å². The maximum absolute atomic E-state index is 13.4. The Hall–Kier alpha value is -3.93. The van der Waals surface area contributed by atoms with E-state index in [9.17, 15) is 9.59 Å². The van der Waals surface area contributed by atoms with Crippen LogP contribution in [0.3, 0.4) is 0 Å². The summed E-state index contributed by atoms with van der Waals surface area (Å²) in [4.78, 5) is 32.1. The first-order valence-electron chi connectivity index (χ1n) is 10.6. The number of rotatable bonds is 8. The fourth-order valence-electron chi connectivity index (χ4n) is 3.56. The van der Waals surface area contributed by atoms with E-state index < -0.39 is 0 Å². The third kappa shape index (κ3) is 4.39. The minimum atomic E-state index is -0.358. The Labute approximate surface area is 187 Å². The minimum absolute atomic E-state index is 0.158. The van der Waals surface area contributed by atoms with Crippen LogP contribution in [0.1, 0.15) is 30.0 Å². The van der Waals surface area contributed by atoms with Gasteiger partial charge < -0.3 is 10.1 Å². The van der Waals surface area contributed by atoms with Crippen molar-refractivity contribution in [1.82, 2.24) is 9.88 Å². The second-order valence-electron chi connectivity index (χ2n) is 7.62. The number of para-hydroxylation sites is 1. The summed E-state index contributed by atoms with van der Waals surface area (Å²) in [6.07, 6.45) is 4.23. The number of nitrogens with one attached hydrogen (secondary N) is 1. The average molecular weight is 428 g/mol. The molecule has 0 unspecified atom stereocenters. The zero-order chi connectivity index (χ0) is 22.5. The summed E-state index contributed by atoms with van der Waals surface area (Å²) in [6, 6.07) is 18.6. The van der Waals surface area contributed by atoms with Gasteiger partial charge in [0, 0.05) is 18.1 Å². The molecule has 2 aromatic carbocycles. The molecule has 2 amide bonds. The lowest BCUT2D eigenvalue weighted by Crippen LogP contribution is -2.32. The molecule has 0 spiro atoms. The van der Waals surface area contributed by atoms with Crippen LogP contribution in [0.4, 0.5) is 5.69 Å². The highest BCUT2D eigenvalue weighted by molar-refractivity contribution is 6.36. The van der Waals surface area contributed by atoms with Crippen molar-refractivity contribution in [2.24, 2.45) is 0 Å². The van der Waals surface area contributed by atoms with Gasteiger partial charge in [0.15, 0.2) is 0 Å². The number of amides is 2. The quantitative estimate of drug-likeness (QED) is 0.533. The van der Waals surface area contributed by atoms with Crippen molar-refractivity contribution in [3.63, 3.8) is 0 Å². The summed E-state index contributed by atoms with van der Waals surface area (Å²) in [6.45, 7) is 4.78. The van der Waals surface area contributed by atoms with E-state index >= 15 is 0 Å². The fourth-order valence-corrected chi connectivity index (χ4v) is 3.56. The number of aryl methyl sites for hydroxylation is 1. The Bertz CT molecular complexity index is 1150. The van der Waals surface area contributed by atoms with E-state index in [4.69, 9.17) is 4.74 Å². The first-order chi connectivity index (χ1) is 15.6. The van der Waals surface area contributed by atoms with E-state index in [1.54, 1.807) is 18.5 Å². The normalized spacial score (nSPS) is 13.6. The van der Waals surface area contributed by atoms with Gasteiger partial charge in [0.05, 0.1) is 18.7 Å². The molecule has 4 rings (SSSR count). The zero-order valence-electron chi connectivity index (χ0n) is 18.2. The number of hydrogen-bond donors (Lipinski definition) is 1. The van der Waals surface area contributed by atoms with Gasteiger partial charge in [0.25, 0.3) is 11.8 Å². The number of imide groups is 1. The topological polar surface area (TPSA) is 71.5 Å². The largest absolute Gasteiger partial charge is 0.494 e. The van der Waals surface area contributed by atoms with Gasteiger partial charge in [-0.2, -0.15) is 0 Å². The maximum atomic E-state index is 13.4. The lowest BCUT2D eigenvalue weighted by Gasteiger charge is -2.15. The average Bonchev–Trinajstić information content (AvgIpc) is 3.04. The second-order valence-corrected chi connectivity index (χ2v) is 7.62. The second kappa shape index (κ2) is 9.47. The molecule has 3 aromatic rings. The number of aromatic nitrogens is 1. The molecule has 1 N–H and O–H groups in total. The summed E-state index contributed by atoms with van der Waals surface area (Å²) in [5.41, 5.74) is 3.84. The van der Waals surface area contributed by atoms with Crippen LogP contribution in [0.25, 0.3) is 5.57 Å². The van der Waals surface area contributed by atoms with Crippen molar-refractivity contribution in [1.29, 1.82) is 0 Å². The van der Waals surface area contributed by atoms with Crippen molar-refractivity contribution in [2.45, 2.75) is 26.8 Å². The monoisotopic (exact) mass is 427 g/mol. The van der Waals surface area contributed by atoms with E-state index in [0.717, 1.165) is 29.0 Å². The molecule has 32 heavy (non-hydrogen) atoms. The molecule has 0 bridgehead atoms. The SMILES string of the molecule is CCCOc1ccc(C2=C(Nc3ccccc3C)C(=O)N(Cc3cccnc3)C2=O)cc1. The molecule has 6 heteroatoms. The first-order valence-corrected chi connectivity index (χ1v) is 10.6. The van der Waals surface area contributed by atoms with E-state index in [0.29, 0.717) is 17.7 Å². The number of ether oxygens (including phenoxy) is 1. The van der Waals surface area contributed by atoms with Gasteiger partial charge >= 0.3 is 0 Å². The van der Waals surface area contributed by atoms with Crippen molar-refractivity contribution in [3.05, 3.63) is 95.4 Å². The van der Waals surface area contributed by atoms with Gasteiger partial charge in [-0.3, -0.25) is 19.5 Å². The summed E-state index contributed by atoms with van der Waals surface area (Å²) in [5, 5.41) is 3.22. The van der Waals surface area contributed by atoms with Crippen molar-refractivity contribution < 1.29 is 14.3 Å². The Balaban J connectivity index is 1.71. The summed E-state index contributed by atoms with van der Waals surface area (Å²) >= 11 is 0. The predicted molar refractivity (Wildman–Crippen MR) is 124 cm³/mol. The van der Waals surface area contributed by atoms with E-state index in [1.807, 2.05) is 68.4 Å². The molecule has 0 atom stereocenters. The summed E-state index contributed by atoms with van der Waals surface area (Å²) < 4.78 is 5.66. The molecule has 6 nitrogen and oxygen atoms in total. The molecule has 162 valence electrons. The van der Waals surface area contributed by atoms with E-state index in [1.165, 1.54) is 4.90 Å². The maximum Gasteiger partial charge on any atom is 0.278 e. The standard InChI is InChI=1S/C26H25N3O3/c1-3-15-32-21-12-10-20(11-13-21)23-24(28-22-9-5-4-7-18(22)2)26(31)29(25(23)30)17-19-8-6-14-27-16-19/h4-14,16,28H,3,15,17H2,1-2H3. The molecule has 1 aliphatic rings. The molecule has 1 aliphatic heterocycles. The fraction of sp³-hybridized carbons (Fsp3) is 0.192. The van der Waals surface area contributed by atoms with E-state index in [-0.39, 0.29) is 24.1 Å². The number of carbonyl (C=O) groups is 2.